The number of anilines is 2. The van der Waals surface area contributed by atoms with Crippen LogP contribution in [0.15, 0.2) is 22.9 Å². The van der Waals surface area contributed by atoms with Gasteiger partial charge in [-0.1, -0.05) is 6.92 Å². The minimum atomic E-state index is 0.307. The molecular formula is C11H15BrN6. The van der Waals surface area contributed by atoms with Crippen LogP contribution in [0.25, 0.3) is 5.95 Å². The molecule has 0 unspecified atom stereocenters. The number of halogens is 1. The summed E-state index contributed by atoms with van der Waals surface area (Å²) in [4.78, 5) is 8.60. The normalized spacial score (nSPS) is 12.4. The van der Waals surface area contributed by atoms with Crippen LogP contribution >= 0.6 is 15.9 Å². The molecule has 0 spiro atoms. The lowest BCUT2D eigenvalue weighted by Gasteiger charge is -2.15. The molecule has 2 aromatic rings. The Kier molecular flexibility index (Phi) is 3.81. The minimum Gasteiger partial charge on any atom is -0.383 e. The van der Waals surface area contributed by atoms with Gasteiger partial charge in [-0.3, -0.25) is 0 Å². The van der Waals surface area contributed by atoms with Gasteiger partial charge in [0, 0.05) is 18.4 Å². The van der Waals surface area contributed by atoms with Gasteiger partial charge in [-0.05, 0) is 35.3 Å². The van der Waals surface area contributed by atoms with Crippen molar-refractivity contribution in [3.8, 4) is 5.95 Å². The summed E-state index contributed by atoms with van der Waals surface area (Å²) in [6.45, 7) is 4.18. The van der Waals surface area contributed by atoms with Gasteiger partial charge in [0.05, 0.1) is 0 Å². The van der Waals surface area contributed by atoms with Crippen LogP contribution in [0.2, 0.25) is 0 Å². The largest absolute Gasteiger partial charge is 0.383 e. The van der Waals surface area contributed by atoms with Crippen molar-refractivity contribution in [2.75, 3.05) is 11.1 Å². The SMILES string of the molecule is CC[C@@H](C)Nc1nc(-n2cccn2)nc(N)c1Br. The number of rotatable bonds is 4. The molecular weight excluding hydrogens is 296 g/mol. The molecule has 0 amide bonds. The molecule has 2 rings (SSSR count). The lowest BCUT2D eigenvalue weighted by molar-refractivity contribution is 0.750. The summed E-state index contributed by atoms with van der Waals surface area (Å²) in [7, 11) is 0. The number of hydrogen-bond donors (Lipinski definition) is 2. The zero-order valence-electron chi connectivity index (χ0n) is 10.3. The summed E-state index contributed by atoms with van der Waals surface area (Å²) in [5.41, 5.74) is 5.87. The molecule has 2 aromatic heterocycles. The molecule has 1 atom stereocenters. The van der Waals surface area contributed by atoms with E-state index in [1.165, 1.54) is 0 Å². The van der Waals surface area contributed by atoms with Crippen molar-refractivity contribution in [1.29, 1.82) is 0 Å². The lowest BCUT2D eigenvalue weighted by atomic mass is 10.2. The first-order chi connectivity index (χ1) is 8.61. The lowest BCUT2D eigenvalue weighted by Crippen LogP contribution is -2.17. The highest BCUT2D eigenvalue weighted by Gasteiger charge is 2.12. The monoisotopic (exact) mass is 310 g/mol. The Balaban J connectivity index is 2.40. The molecule has 96 valence electrons. The predicted molar refractivity (Wildman–Crippen MR) is 74.6 cm³/mol. The maximum atomic E-state index is 5.87. The summed E-state index contributed by atoms with van der Waals surface area (Å²) >= 11 is 3.39. The first kappa shape index (κ1) is 12.8. The molecule has 2 heterocycles. The van der Waals surface area contributed by atoms with Gasteiger partial charge >= 0.3 is 0 Å². The Hall–Kier alpha value is -1.63. The standard InChI is InChI=1S/C11H15BrN6/c1-3-7(2)15-10-8(12)9(13)16-11(17-10)18-6-4-5-14-18/h4-7H,3H2,1-2H3,(H3,13,15,16,17)/t7-/m1/s1. The van der Waals surface area contributed by atoms with Crippen LogP contribution in [-0.4, -0.2) is 25.8 Å². The van der Waals surface area contributed by atoms with Crippen LogP contribution in [0.4, 0.5) is 11.6 Å². The highest BCUT2D eigenvalue weighted by atomic mass is 79.9. The molecule has 0 radical (unpaired) electrons. The van der Waals surface area contributed by atoms with E-state index in [-0.39, 0.29) is 0 Å². The molecule has 0 aliphatic carbocycles. The van der Waals surface area contributed by atoms with Crippen LogP contribution in [0.3, 0.4) is 0 Å². The van der Waals surface area contributed by atoms with Gasteiger partial charge in [-0.15, -0.1) is 0 Å². The Morgan fingerprint density at radius 1 is 1.50 bits per heavy atom. The predicted octanol–water partition coefficient (Wildman–Crippen LogP) is 2.22. The second kappa shape index (κ2) is 5.34. The van der Waals surface area contributed by atoms with E-state index >= 15 is 0 Å². The maximum absolute atomic E-state index is 5.87. The highest BCUT2D eigenvalue weighted by Crippen LogP contribution is 2.26. The summed E-state index contributed by atoms with van der Waals surface area (Å²) < 4.78 is 2.25. The second-order valence-corrected chi connectivity index (χ2v) is 4.77. The van der Waals surface area contributed by atoms with Crippen LogP contribution < -0.4 is 11.1 Å². The molecule has 7 heteroatoms. The van der Waals surface area contributed by atoms with Gasteiger partial charge in [0.25, 0.3) is 5.95 Å². The van der Waals surface area contributed by atoms with Crippen LogP contribution in [-0.2, 0) is 0 Å². The van der Waals surface area contributed by atoms with Crippen molar-refractivity contribution in [3.63, 3.8) is 0 Å². The molecule has 0 bridgehead atoms. The number of nitrogen functional groups attached to an aromatic ring is 1. The van der Waals surface area contributed by atoms with E-state index in [9.17, 15) is 0 Å². The van der Waals surface area contributed by atoms with E-state index in [2.05, 4.69) is 50.2 Å². The molecule has 0 saturated carbocycles. The van der Waals surface area contributed by atoms with E-state index in [4.69, 9.17) is 5.73 Å². The van der Waals surface area contributed by atoms with E-state index in [1.54, 1.807) is 17.1 Å². The third-order valence-corrected chi connectivity index (χ3v) is 3.35. The average molecular weight is 311 g/mol. The fourth-order valence-electron chi connectivity index (χ4n) is 1.37. The molecule has 0 aromatic carbocycles. The van der Waals surface area contributed by atoms with Crippen LogP contribution in [0, 0.1) is 0 Å². The summed E-state index contributed by atoms with van der Waals surface area (Å²) in [5, 5.41) is 7.37. The van der Waals surface area contributed by atoms with Gasteiger partial charge in [0.1, 0.15) is 16.1 Å². The van der Waals surface area contributed by atoms with Gasteiger partial charge < -0.3 is 11.1 Å². The number of nitrogens with one attached hydrogen (secondary N) is 1. The van der Waals surface area contributed by atoms with Crippen molar-refractivity contribution in [2.45, 2.75) is 26.3 Å². The molecule has 3 N–H and O–H groups in total. The van der Waals surface area contributed by atoms with Crippen LogP contribution in [0.1, 0.15) is 20.3 Å². The van der Waals surface area contributed by atoms with Crippen molar-refractivity contribution < 1.29 is 0 Å². The first-order valence-electron chi connectivity index (χ1n) is 5.71. The Labute approximate surface area is 114 Å². The zero-order valence-corrected chi connectivity index (χ0v) is 11.8. The van der Waals surface area contributed by atoms with E-state index in [1.807, 2.05) is 6.07 Å². The van der Waals surface area contributed by atoms with Gasteiger partial charge in [-0.2, -0.15) is 15.1 Å². The van der Waals surface area contributed by atoms with Gasteiger partial charge in [0.2, 0.25) is 0 Å². The summed E-state index contributed by atoms with van der Waals surface area (Å²) in [6, 6.07) is 2.12. The van der Waals surface area contributed by atoms with Gasteiger partial charge in [0.15, 0.2) is 0 Å². The molecule has 6 nitrogen and oxygen atoms in total. The quantitative estimate of drug-likeness (QED) is 0.905. The van der Waals surface area contributed by atoms with E-state index in [0.29, 0.717) is 28.1 Å². The van der Waals surface area contributed by atoms with Crippen molar-refractivity contribution in [3.05, 3.63) is 22.9 Å². The third kappa shape index (κ3) is 2.61. The highest BCUT2D eigenvalue weighted by molar-refractivity contribution is 9.10. The number of nitrogens with zero attached hydrogens (tertiary/aromatic N) is 4. The van der Waals surface area contributed by atoms with Crippen LogP contribution in [0.5, 0.6) is 0 Å². The van der Waals surface area contributed by atoms with E-state index < -0.39 is 0 Å². The topological polar surface area (TPSA) is 81.7 Å². The van der Waals surface area contributed by atoms with Gasteiger partial charge in [-0.25, -0.2) is 4.68 Å². The second-order valence-electron chi connectivity index (χ2n) is 3.98. The van der Waals surface area contributed by atoms with Crippen molar-refractivity contribution >= 4 is 27.6 Å². The zero-order chi connectivity index (χ0) is 13.1. The maximum Gasteiger partial charge on any atom is 0.254 e. The number of aromatic nitrogens is 4. The van der Waals surface area contributed by atoms with Crippen molar-refractivity contribution in [2.24, 2.45) is 0 Å². The molecule has 0 aliphatic heterocycles. The summed E-state index contributed by atoms with van der Waals surface area (Å²) in [5.74, 6) is 1.52. The summed E-state index contributed by atoms with van der Waals surface area (Å²) in [6.07, 6.45) is 4.44. The Morgan fingerprint density at radius 3 is 2.89 bits per heavy atom. The smallest absolute Gasteiger partial charge is 0.254 e. The molecule has 0 saturated heterocycles. The third-order valence-electron chi connectivity index (χ3n) is 2.57. The fourth-order valence-corrected chi connectivity index (χ4v) is 1.66. The minimum absolute atomic E-state index is 0.307. The molecule has 18 heavy (non-hydrogen) atoms. The first-order valence-corrected chi connectivity index (χ1v) is 6.50. The Bertz CT molecular complexity index is 525. The fraction of sp³-hybridized carbons (Fsp3) is 0.364. The number of nitrogens with two attached hydrogens (primary N) is 1. The van der Waals surface area contributed by atoms with E-state index in [0.717, 1.165) is 6.42 Å². The number of hydrogen-bond acceptors (Lipinski definition) is 5. The average Bonchev–Trinajstić information content (AvgIpc) is 2.88. The Morgan fingerprint density at radius 2 is 2.28 bits per heavy atom. The van der Waals surface area contributed by atoms with Crippen molar-refractivity contribution in [1.82, 2.24) is 19.7 Å². The molecule has 0 fully saturated rings. The molecule has 0 aliphatic rings.